The molecule has 0 unspecified atom stereocenters. The van der Waals surface area contributed by atoms with Crippen LogP contribution in [0.1, 0.15) is 18.4 Å². The van der Waals surface area contributed by atoms with Gasteiger partial charge in [-0.1, -0.05) is 42.5 Å². The summed E-state index contributed by atoms with van der Waals surface area (Å²) < 4.78 is 39.5. The van der Waals surface area contributed by atoms with Crippen molar-refractivity contribution in [1.82, 2.24) is 4.98 Å². The van der Waals surface area contributed by atoms with Gasteiger partial charge in [0.1, 0.15) is 12.1 Å². The van der Waals surface area contributed by atoms with E-state index in [0.717, 1.165) is 6.08 Å². The lowest BCUT2D eigenvalue weighted by molar-refractivity contribution is -0.139. The Balaban J connectivity index is 2.00. The number of allylic oxidation sites excluding steroid dienone is 1. The Bertz CT molecular complexity index is 884. The van der Waals surface area contributed by atoms with Crippen LogP contribution < -0.4 is 0 Å². The van der Waals surface area contributed by atoms with Gasteiger partial charge in [0.2, 0.25) is 0 Å². The first-order chi connectivity index (χ1) is 12.0. The Hall–Kier alpha value is -3.02. The molecule has 0 aliphatic rings. The molecule has 6 heteroatoms. The van der Waals surface area contributed by atoms with E-state index in [0.29, 0.717) is 11.1 Å². The number of aromatic nitrogens is 1. The van der Waals surface area contributed by atoms with Gasteiger partial charge < -0.3 is 9.15 Å². The number of fused-ring (bicyclic) bond motifs is 1. The Kier molecular flexibility index (Phi) is 4.61. The minimum Gasteiger partial charge on any atom is -0.461 e. The average molecular weight is 343 g/mol. The Labute approximate surface area is 142 Å². The Morgan fingerprint density at radius 1 is 1.16 bits per heavy atom. The topological polar surface area (TPSA) is 52.3 Å². The molecule has 0 saturated heterocycles. The van der Waals surface area contributed by atoms with E-state index in [9.17, 15) is 13.6 Å². The maximum Gasteiger partial charge on any atom is 0.341 e. The van der Waals surface area contributed by atoms with Crippen molar-refractivity contribution < 1.29 is 22.7 Å². The average Bonchev–Trinajstić information content (AvgIpc) is 3.04. The number of rotatable bonds is 5. The molecule has 0 amide bonds. The molecule has 2 aromatic carbocycles. The molecule has 0 saturated carbocycles. The van der Waals surface area contributed by atoms with Gasteiger partial charge in [0.05, 0.1) is 0 Å². The zero-order chi connectivity index (χ0) is 17.9. The van der Waals surface area contributed by atoms with Crippen molar-refractivity contribution in [2.24, 2.45) is 0 Å². The summed E-state index contributed by atoms with van der Waals surface area (Å²) in [4.78, 5) is 14.9. The molecule has 0 radical (unpaired) electrons. The molecule has 1 heterocycles. The number of alkyl halides is 2. The van der Waals surface area contributed by atoms with Gasteiger partial charge in [-0.05, 0) is 23.3 Å². The lowest BCUT2D eigenvalue weighted by Gasteiger charge is -2.13. The minimum atomic E-state index is -3.45. The van der Waals surface area contributed by atoms with E-state index in [4.69, 9.17) is 9.15 Å². The van der Waals surface area contributed by atoms with Gasteiger partial charge in [-0.3, -0.25) is 4.79 Å². The molecule has 3 rings (SSSR count). The SMILES string of the molecule is CC(=O)OC/C(=C\C(F)(F)c1nc2ccccc2o1)c1ccccc1. The summed E-state index contributed by atoms with van der Waals surface area (Å²) in [7, 11) is 0. The highest BCUT2D eigenvalue weighted by Crippen LogP contribution is 2.34. The molecule has 0 fully saturated rings. The molecule has 128 valence electrons. The van der Waals surface area contributed by atoms with Crippen LogP contribution in [-0.2, 0) is 15.5 Å². The molecule has 1 aromatic heterocycles. The summed E-state index contributed by atoms with van der Waals surface area (Å²) in [5.41, 5.74) is 1.33. The van der Waals surface area contributed by atoms with Gasteiger partial charge in [-0.25, -0.2) is 4.98 Å². The molecule has 0 bridgehead atoms. The number of carbonyl (C=O) groups is 1. The van der Waals surface area contributed by atoms with Crippen LogP contribution in [0.25, 0.3) is 16.7 Å². The van der Waals surface area contributed by atoms with Crippen molar-refractivity contribution in [3.63, 3.8) is 0 Å². The summed E-state index contributed by atoms with van der Waals surface area (Å²) >= 11 is 0. The molecule has 0 aliphatic carbocycles. The highest BCUT2D eigenvalue weighted by molar-refractivity contribution is 5.73. The van der Waals surface area contributed by atoms with Gasteiger partial charge in [0.15, 0.2) is 5.58 Å². The summed E-state index contributed by atoms with van der Waals surface area (Å²) in [6, 6.07) is 15.1. The fourth-order valence-electron chi connectivity index (χ4n) is 2.34. The van der Waals surface area contributed by atoms with Crippen molar-refractivity contribution in [2.75, 3.05) is 6.61 Å². The summed E-state index contributed by atoms with van der Waals surface area (Å²) in [6.07, 6.45) is 0.718. The van der Waals surface area contributed by atoms with E-state index in [2.05, 4.69) is 4.98 Å². The largest absolute Gasteiger partial charge is 0.461 e. The number of ether oxygens (including phenoxy) is 1. The van der Waals surface area contributed by atoms with Gasteiger partial charge in [0, 0.05) is 13.0 Å². The second-order valence-corrected chi connectivity index (χ2v) is 5.43. The third-order valence-electron chi connectivity index (χ3n) is 3.51. The normalized spacial score (nSPS) is 12.4. The number of oxazole rings is 1. The molecular weight excluding hydrogens is 328 g/mol. The molecule has 0 atom stereocenters. The van der Waals surface area contributed by atoms with Crippen LogP contribution >= 0.6 is 0 Å². The fourth-order valence-corrected chi connectivity index (χ4v) is 2.34. The van der Waals surface area contributed by atoms with E-state index in [1.807, 2.05) is 0 Å². The van der Waals surface area contributed by atoms with E-state index in [1.54, 1.807) is 54.6 Å². The zero-order valence-electron chi connectivity index (χ0n) is 13.4. The van der Waals surface area contributed by atoms with Crippen LogP contribution in [0.4, 0.5) is 8.78 Å². The number of hydrogen-bond acceptors (Lipinski definition) is 4. The maximum atomic E-state index is 14.7. The van der Waals surface area contributed by atoms with Crippen LogP contribution in [0.15, 0.2) is 65.1 Å². The molecule has 25 heavy (non-hydrogen) atoms. The van der Waals surface area contributed by atoms with Crippen molar-refractivity contribution in [3.05, 3.63) is 72.1 Å². The summed E-state index contributed by atoms with van der Waals surface area (Å²) in [6.45, 7) is 0.955. The van der Waals surface area contributed by atoms with E-state index >= 15 is 0 Å². The molecule has 0 spiro atoms. The molecule has 0 aliphatic heterocycles. The van der Waals surface area contributed by atoms with Gasteiger partial charge in [-0.2, -0.15) is 8.78 Å². The fraction of sp³-hybridized carbons (Fsp3) is 0.158. The monoisotopic (exact) mass is 343 g/mol. The van der Waals surface area contributed by atoms with Crippen LogP contribution in [-0.4, -0.2) is 17.6 Å². The molecule has 3 aromatic rings. The van der Waals surface area contributed by atoms with Crippen LogP contribution in [0.5, 0.6) is 0 Å². The van der Waals surface area contributed by atoms with Crippen molar-refractivity contribution >= 4 is 22.6 Å². The standard InChI is InChI=1S/C19H15F2NO3/c1-13(23)24-12-15(14-7-3-2-4-8-14)11-19(20,21)18-22-16-9-5-6-10-17(16)25-18/h2-11H,12H2,1H3/b15-11+. The molecule has 4 nitrogen and oxygen atoms in total. The predicted octanol–water partition coefficient (Wildman–Crippen LogP) is 4.57. The van der Waals surface area contributed by atoms with Crippen LogP contribution in [0, 0.1) is 0 Å². The first-order valence-corrected chi connectivity index (χ1v) is 7.60. The summed E-state index contributed by atoms with van der Waals surface area (Å²) in [5, 5.41) is 0. The lowest BCUT2D eigenvalue weighted by atomic mass is 10.0. The lowest BCUT2D eigenvalue weighted by Crippen LogP contribution is -2.13. The number of halogens is 2. The van der Waals surface area contributed by atoms with Crippen LogP contribution in [0.2, 0.25) is 0 Å². The van der Waals surface area contributed by atoms with Gasteiger partial charge >= 0.3 is 11.9 Å². The van der Waals surface area contributed by atoms with Crippen molar-refractivity contribution in [3.8, 4) is 0 Å². The zero-order valence-corrected chi connectivity index (χ0v) is 13.4. The van der Waals surface area contributed by atoms with Crippen molar-refractivity contribution in [1.29, 1.82) is 0 Å². The van der Waals surface area contributed by atoms with Crippen LogP contribution in [0.3, 0.4) is 0 Å². The second-order valence-electron chi connectivity index (χ2n) is 5.43. The molecular formula is C19H15F2NO3. The number of benzene rings is 2. The quantitative estimate of drug-likeness (QED) is 0.637. The predicted molar refractivity (Wildman–Crippen MR) is 89.0 cm³/mol. The first kappa shape index (κ1) is 16.8. The molecule has 0 N–H and O–H groups in total. The number of esters is 1. The number of carbonyl (C=O) groups excluding carboxylic acids is 1. The van der Waals surface area contributed by atoms with Gasteiger partial charge in [0.25, 0.3) is 5.89 Å². The van der Waals surface area contributed by atoms with E-state index < -0.39 is 17.8 Å². The number of nitrogens with zero attached hydrogens (tertiary/aromatic N) is 1. The first-order valence-electron chi connectivity index (χ1n) is 7.60. The Morgan fingerprint density at radius 3 is 2.52 bits per heavy atom. The second kappa shape index (κ2) is 6.84. The summed E-state index contributed by atoms with van der Waals surface area (Å²) in [5.74, 6) is -4.71. The van der Waals surface area contributed by atoms with E-state index in [-0.39, 0.29) is 17.8 Å². The third-order valence-corrected chi connectivity index (χ3v) is 3.51. The number of hydrogen-bond donors (Lipinski definition) is 0. The van der Waals surface area contributed by atoms with E-state index in [1.165, 1.54) is 6.92 Å². The highest BCUT2D eigenvalue weighted by atomic mass is 19.3. The Morgan fingerprint density at radius 2 is 1.84 bits per heavy atom. The maximum absolute atomic E-state index is 14.7. The number of para-hydroxylation sites is 2. The smallest absolute Gasteiger partial charge is 0.341 e. The van der Waals surface area contributed by atoms with Crippen molar-refractivity contribution in [2.45, 2.75) is 12.8 Å². The highest BCUT2D eigenvalue weighted by Gasteiger charge is 2.36. The van der Waals surface area contributed by atoms with Gasteiger partial charge in [-0.15, -0.1) is 0 Å². The third kappa shape index (κ3) is 3.91. The minimum absolute atomic E-state index is 0.169.